The second-order valence-corrected chi connectivity index (χ2v) is 4.13. The fourth-order valence-electron chi connectivity index (χ4n) is 1.25. The Morgan fingerprint density at radius 2 is 2.08 bits per heavy atom. The third-order valence-electron chi connectivity index (χ3n) is 1.81. The molecule has 0 bridgehead atoms. The molecule has 2 aromatic rings. The minimum atomic E-state index is -0.520. The van der Waals surface area contributed by atoms with E-state index in [2.05, 4.69) is 15.9 Å². The quantitative estimate of drug-likeness (QED) is 0.680. The average molecular weight is 263 g/mol. The lowest BCUT2D eigenvalue weighted by atomic mass is 10.2. The number of benzene rings is 1. The van der Waals surface area contributed by atoms with Gasteiger partial charge in [-0.1, -0.05) is 15.9 Å². The van der Waals surface area contributed by atoms with Gasteiger partial charge in [-0.05, 0) is 17.0 Å². The number of halogens is 3. The van der Waals surface area contributed by atoms with E-state index in [1.165, 1.54) is 17.4 Å². The minimum absolute atomic E-state index is 0.481. The third-order valence-corrected chi connectivity index (χ3v) is 3.39. The molecule has 0 aliphatic carbocycles. The van der Waals surface area contributed by atoms with E-state index in [1.54, 1.807) is 0 Å². The lowest BCUT2D eigenvalue weighted by Gasteiger charge is -1.96. The summed E-state index contributed by atoms with van der Waals surface area (Å²) in [4.78, 5) is 0. The lowest BCUT2D eigenvalue weighted by Crippen LogP contribution is -1.82. The van der Waals surface area contributed by atoms with Crippen molar-refractivity contribution in [1.82, 2.24) is 0 Å². The molecule has 0 amide bonds. The predicted octanol–water partition coefficient (Wildman–Crippen LogP) is 4.07. The lowest BCUT2D eigenvalue weighted by molar-refractivity contribution is 0.592. The molecule has 0 nitrogen and oxygen atoms in total. The van der Waals surface area contributed by atoms with Crippen molar-refractivity contribution in [3.8, 4) is 0 Å². The molecule has 0 saturated carbocycles. The van der Waals surface area contributed by atoms with Crippen LogP contribution < -0.4 is 0 Å². The summed E-state index contributed by atoms with van der Waals surface area (Å²) in [5.74, 6) is -1.00. The number of alkyl halides is 1. The molecule has 0 fully saturated rings. The molecule has 0 unspecified atom stereocenters. The fraction of sp³-hybridized carbons (Fsp3) is 0.111. The van der Waals surface area contributed by atoms with Crippen LogP contribution in [0.3, 0.4) is 0 Å². The van der Waals surface area contributed by atoms with Gasteiger partial charge in [-0.25, -0.2) is 8.78 Å². The third kappa shape index (κ3) is 1.48. The number of fused-ring (bicyclic) bond motifs is 1. The summed E-state index contributed by atoms with van der Waals surface area (Å²) >= 11 is 4.61. The van der Waals surface area contributed by atoms with Gasteiger partial charge >= 0.3 is 0 Å². The molecule has 0 radical (unpaired) electrons. The fourth-order valence-corrected chi connectivity index (χ4v) is 2.90. The summed E-state index contributed by atoms with van der Waals surface area (Å²) in [5.41, 5.74) is 0.873. The van der Waals surface area contributed by atoms with E-state index < -0.39 is 11.6 Å². The van der Waals surface area contributed by atoms with E-state index in [-0.39, 0.29) is 0 Å². The molecule has 2 rings (SSSR count). The molecule has 1 heterocycles. The first-order valence-electron chi connectivity index (χ1n) is 3.63. The van der Waals surface area contributed by atoms with Crippen LogP contribution in [0.1, 0.15) is 5.56 Å². The topological polar surface area (TPSA) is 0 Å². The molecule has 0 N–H and O–H groups in total. The summed E-state index contributed by atoms with van der Waals surface area (Å²) in [5, 5.41) is 2.96. The van der Waals surface area contributed by atoms with Crippen molar-refractivity contribution >= 4 is 37.4 Å². The van der Waals surface area contributed by atoms with Gasteiger partial charge in [0, 0.05) is 21.5 Å². The van der Waals surface area contributed by atoms with Crippen molar-refractivity contribution < 1.29 is 8.78 Å². The zero-order valence-electron chi connectivity index (χ0n) is 6.48. The summed E-state index contributed by atoms with van der Waals surface area (Å²) in [6.45, 7) is 0. The number of rotatable bonds is 1. The molecule has 0 aliphatic heterocycles. The molecule has 0 aliphatic rings. The van der Waals surface area contributed by atoms with E-state index in [4.69, 9.17) is 0 Å². The van der Waals surface area contributed by atoms with Crippen LogP contribution in [0.4, 0.5) is 8.78 Å². The molecule has 4 heteroatoms. The Hall–Kier alpha value is -0.480. The highest BCUT2D eigenvalue weighted by molar-refractivity contribution is 9.08. The molecule has 13 heavy (non-hydrogen) atoms. The van der Waals surface area contributed by atoms with Crippen LogP contribution >= 0.6 is 27.3 Å². The van der Waals surface area contributed by atoms with Crippen LogP contribution in [0.25, 0.3) is 10.1 Å². The van der Waals surface area contributed by atoms with Gasteiger partial charge in [0.05, 0.1) is 0 Å². The number of thiophene rings is 1. The van der Waals surface area contributed by atoms with Crippen LogP contribution in [0.5, 0.6) is 0 Å². The molecule has 0 saturated heterocycles. The van der Waals surface area contributed by atoms with Gasteiger partial charge in [-0.15, -0.1) is 11.3 Å². The van der Waals surface area contributed by atoms with E-state index in [9.17, 15) is 8.78 Å². The van der Waals surface area contributed by atoms with Crippen molar-refractivity contribution in [1.29, 1.82) is 0 Å². The highest BCUT2D eigenvalue weighted by atomic mass is 79.9. The van der Waals surface area contributed by atoms with E-state index in [0.29, 0.717) is 15.4 Å². The monoisotopic (exact) mass is 262 g/mol. The normalized spacial score (nSPS) is 11.0. The first-order valence-corrected chi connectivity index (χ1v) is 5.63. The van der Waals surface area contributed by atoms with Gasteiger partial charge in [-0.3, -0.25) is 0 Å². The molecule has 0 spiro atoms. The summed E-state index contributed by atoms with van der Waals surface area (Å²) < 4.78 is 26.7. The Balaban J connectivity index is 2.82. The maximum absolute atomic E-state index is 13.3. The Labute approximate surface area is 86.3 Å². The standard InChI is InChI=1S/C9H5BrF2S/c10-3-5-4-13-8-2-6(11)1-7(12)9(5)8/h1-2,4H,3H2. The highest BCUT2D eigenvalue weighted by Gasteiger charge is 2.09. The van der Waals surface area contributed by atoms with Gasteiger partial charge < -0.3 is 0 Å². The Kier molecular flexibility index (Phi) is 2.34. The van der Waals surface area contributed by atoms with Crippen LogP contribution in [-0.2, 0) is 5.33 Å². The van der Waals surface area contributed by atoms with Crippen molar-refractivity contribution in [3.05, 3.63) is 34.7 Å². The predicted molar refractivity (Wildman–Crippen MR) is 54.4 cm³/mol. The Bertz CT molecular complexity index is 450. The largest absolute Gasteiger partial charge is 0.207 e. The zero-order valence-corrected chi connectivity index (χ0v) is 8.88. The van der Waals surface area contributed by atoms with E-state index in [0.717, 1.165) is 11.6 Å². The molecule has 0 atom stereocenters. The molecule has 1 aromatic carbocycles. The number of hydrogen-bond acceptors (Lipinski definition) is 1. The molecular formula is C9H5BrF2S. The van der Waals surface area contributed by atoms with Crippen LogP contribution in [0.2, 0.25) is 0 Å². The SMILES string of the molecule is Fc1cc(F)c2c(CBr)csc2c1. The van der Waals surface area contributed by atoms with Crippen molar-refractivity contribution in [3.63, 3.8) is 0 Å². The van der Waals surface area contributed by atoms with E-state index in [1.807, 2.05) is 5.38 Å². The maximum atomic E-state index is 13.3. The molecular weight excluding hydrogens is 258 g/mol. The first kappa shape index (κ1) is 9.09. The van der Waals surface area contributed by atoms with Gasteiger partial charge in [0.15, 0.2) is 0 Å². The zero-order chi connectivity index (χ0) is 9.42. The minimum Gasteiger partial charge on any atom is -0.207 e. The van der Waals surface area contributed by atoms with Crippen LogP contribution in [0, 0.1) is 11.6 Å². The molecule has 68 valence electrons. The van der Waals surface area contributed by atoms with Gasteiger partial charge in [0.2, 0.25) is 0 Å². The van der Waals surface area contributed by atoms with Crippen molar-refractivity contribution in [2.75, 3.05) is 0 Å². The van der Waals surface area contributed by atoms with Crippen LogP contribution in [0.15, 0.2) is 17.5 Å². The van der Waals surface area contributed by atoms with Crippen molar-refractivity contribution in [2.45, 2.75) is 5.33 Å². The Morgan fingerprint density at radius 3 is 2.77 bits per heavy atom. The van der Waals surface area contributed by atoms with Crippen molar-refractivity contribution in [2.24, 2.45) is 0 Å². The maximum Gasteiger partial charge on any atom is 0.135 e. The second kappa shape index (κ2) is 3.35. The Morgan fingerprint density at radius 1 is 1.31 bits per heavy atom. The van der Waals surface area contributed by atoms with Gasteiger partial charge in [-0.2, -0.15) is 0 Å². The van der Waals surface area contributed by atoms with Crippen LogP contribution in [-0.4, -0.2) is 0 Å². The van der Waals surface area contributed by atoms with Gasteiger partial charge in [0.1, 0.15) is 11.6 Å². The summed E-state index contributed by atoms with van der Waals surface area (Å²) in [6.07, 6.45) is 0. The molecule has 1 aromatic heterocycles. The summed E-state index contributed by atoms with van der Waals surface area (Å²) in [6, 6.07) is 2.27. The average Bonchev–Trinajstić information content (AvgIpc) is 2.47. The van der Waals surface area contributed by atoms with E-state index >= 15 is 0 Å². The number of hydrogen-bond donors (Lipinski definition) is 0. The van der Waals surface area contributed by atoms with Gasteiger partial charge in [0.25, 0.3) is 0 Å². The summed E-state index contributed by atoms with van der Waals surface area (Å²) in [7, 11) is 0. The smallest absolute Gasteiger partial charge is 0.135 e. The second-order valence-electron chi connectivity index (χ2n) is 2.66. The first-order chi connectivity index (χ1) is 6.22. The highest BCUT2D eigenvalue weighted by Crippen LogP contribution is 2.30.